The average molecular weight is 277 g/mol. The lowest BCUT2D eigenvalue weighted by Crippen LogP contribution is -2.30. The van der Waals surface area contributed by atoms with Gasteiger partial charge in [0.25, 0.3) is 0 Å². The number of hydrogen-bond acceptors (Lipinski definition) is 4. The molecule has 102 valence electrons. The zero-order valence-electron chi connectivity index (χ0n) is 11.2. The number of isothiocyanates is 1. The number of thiocarbonyl (C=S) groups is 1. The molecule has 19 heavy (non-hydrogen) atoms. The van der Waals surface area contributed by atoms with Crippen molar-refractivity contribution in [3.8, 4) is 0 Å². The summed E-state index contributed by atoms with van der Waals surface area (Å²) >= 11 is 4.58. The van der Waals surface area contributed by atoms with Gasteiger partial charge in [0.15, 0.2) is 6.29 Å². The fourth-order valence-electron chi connectivity index (χ4n) is 2.15. The fourth-order valence-corrected chi connectivity index (χ4v) is 2.25. The molecule has 3 nitrogen and oxygen atoms in total. The van der Waals surface area contributed by atoms with Crippen molar-refractivity contribution in [1.29, 1.82) is 0 Å². The van der Waals surface area contributed by atoms with E-state index in [0.717, 1.165) is 31.7 Å². The molecule has 0 N–H and O–H groups in total. The monoisotopic (exact) mass is 277 g/mol. The second kappa shape index (κ2) is 7.51. The van der Waals surface area contributed by atoms with Crippen LogP contribution in [-0.2, 0) is 9.47 Å². The summed E-state index contributed by atoms with van der Waals surface area (Å²) in [6.07, 6.45) is 3.30. The van der Waals surface area contributed by atoms with Crippen LogP contribution in [0.25, 0.3) is 0 Å². The van der Waals surface area contributed by atoms with Gasteiger partial charge in [-0.15, -0.1) is 0 Å². The van der Waals surface area contributed by atoms with Crippen molar-refractivity contribution in [1.82, 2.24) is 0 Å². The minimum Gasteiger partial charge on any atom is -0.352 e. The summed E-state index contributed by atoms with van der Waals surface area (Å²) in [5, 5.41) is 2.37. The summed E-state index contributed by atoms with van der Waals surface area (Å²) in [7, 11) is 0. The Morgan fingerprint density at radius 3 is 2.53 bits per heavy atom. The molecule has 0 amide bonds. The first kappa shape index (κ1) is 14.4. The third kappa shape index (κ3) is 4.22. The van der Waals surface area contributed by atoms with Gasteiger partial charge in [0.2, 0.25) is 0 Å². The van der Waals surface area contributed by atoms with E-state index in [2.05, 4.69) is 41.4 Å². The van der Waals surface area contributed by atoms with Crippen molar-refractivity contribution in [2.24, 2.45) is 4.99 Å². The molecular formula is C15H19NO2S. The van der Waals surface area contributed by atoms with Crippen LogP contribution in [0.15, 0.2) is 29.3 Å². The van der Waals surface area contributed by atoms with E-state index in [9.17, 15) is 0 Å². The maximum Gasteiger partial charge on any atom is 0.157 e. The molecule has 1 fully saturated rings. The third-order valence-corrected chi connectivity index (χ3v) is 3.39. The van der Waals surface area contributed by atoms with Gasteiger partial charge in [-0.05, 0) is 42.8 Å². The summed E-state index contributed by atoms with van der Waals surface area (Å²) < 4.78 is 11.5. The molecular weight excluding hydrogens is 258 g/mol. The van der Waals surface area contributed by atoms with Gasteiger partial charge in [-0.2, -0.15) is 4.99 Å². The van der Waals surface area contributed by atoms with Crippen LogP contribution in [0.5, 0.6) is 0 Å². The highest BCUT2D eigenvalue weighted by Gasteiger charge is 2.22. The smallest absolute Gasteiger partial charge is 0.157 e. The molecule has 0 spiro atoms. The van der Waals surface area contributed by atoms with Gasteiger partial charge in [0.1, 0.15) is 0 Å². The average Bonchev–Trinajstić information content (AvgIpc) is 2.47. The molecule has 0 atom stereocenters. The predicted molar refractivity (Wildman–Crippen MR) is 79.1 cm³/mol. The molecule has 0 saturated carbocycles. The van der Waals surface area contributed by atoms with E-state index in [-0.39, 0.29) is 6.29 Å². The Kier molecular flexibility index (Phi) is 5.67. The first-order valence-corrected chi connectivity index (χ1v) is 7.15. The first-order chi connectivity index (χ1) is 9.33. The van der Waals surface area contributed by atoms with Crippen LogP contribution in [0.4, 0.5) is 5.69 Å². The molecule has 1 aromatic rings. The molecule has 1 aliphatic heterocycles. The predicted octanol–water partition coefficient (Wildman–Crippen LogP) is 4.07. The summed E-state index contributed by atoms with van der Waals surface area (Å²) in [5.41, 5.74) is 2.05. The number of rotatable bonds is 5. The number of nitrogens with zero attached hydrogens (tertiary/aromatic N) is 1. The molecule has 1 saturated heterocycles. The van der Waals surface area contributed by atoms with Crippen LogP contribution in [0, 0.1) is 0 Å². The molecule has 0 bridgehead atoms. The van der Waals surface area contributed by atoms with E-state index >= 15 is 0 Å². The highest BCUT2D eigenvalue weighted by atomic mass is 32.1. The minimum atomic E-state index is -0.0186. The SMILES string of the molecule is CCCC[C@H]1OC[C@H](c2ccc(N=C=S)cc2)CO1. The van der Waals surface area contributed by atoms with E-state index in [1.807, 2.05) is 12.1 Å². The van der Waals surface area contributed by atoms with Crippen molar-refractivity contribution < 1.29 is 9.47 Å². The number of unbranched alkanes of at least 4 members (excludes halogenated alkanes) is 1. The second-order valence-corrected chi connectivity index (χ2v) is 4.91. The maximum absolute atomic E-state index is 5.75. The van der Waals surface area contributed by atoms with Gasteiger partial charge in [-0.3, -0.25) is 0 Å². The summed E-state index contributed by atoms with van der Waals surface area (Å²) in [6, 6.07) is 7.99. The lowest BCUT2D eigenvalue weighted by Gasteiger charge is -2.29. The largest absolute Gasteiger partial charge is 0.352 e. The Morgan fingerprint density at radius 2 is 1.95 bits per heavy atom. The van der Waals surface area contributed by atoms with Gasteiger partial charge in [0.05, 0.1) is 24.1 Å². The van der Waals surface area contributed by atoms with E-state index in [1.165, 1.54) is 12.0 Å². The third-order valence-electron chi connectivity index (χ3n) is 3.30. The zero-order valence-corrected chi connectivity index (χ0v) is 12.0. The van der Waals surface area contributed by atoms with E-state index in [4.69, 9.17) is 9.47 Å². The van der Waals surface area contributed by atoms with Crippen LogP contribution in [0.2, 0.25) is 0 Å². The van der Waals surface area contributed by atoms with Crippen LogP contribution in [-0.4, -0.2) is 24.7 Å². The molecule has 2 rings (SSSR count). The lowest BCUT2D eigenvalue weighted by molar-refractivity contribution is -0.190. The normalized spacial score (nSPS) is 22.8. The molecule has 0 aliphatic carbocycles. The van der Waals surface area contributed by atoms with Crippen LogP contribution < -0.4 is 0 Å². The highest BCUT2D eigenvalue weighted by Crippen LogP contribution is 2.25. The van der Waals surface area contributed by atoms with Crippen LogP contribution in [0.3, 0.4) is 0 Å². The first-order valence-electron chi connectivity index (χ1n) is 6.74. The van der Waals surface area contributed by atoms with Gasteiger partial charge < -0.3 is 9.47 Å². The Hall–Kier alpha value is -1.06. The number of aliphatic imine (C=N–C) groups is 1. The van der Waals surface area contributed by atoms with Crippen LogP contribution in [0.1, 0.15) is 37.7 Å². The minimum absolute atomic E-state index is 0.0186. The van der Waals surface area contributed by atoms with E-state index in [0.29, 0.717) is 5.92 Å². The molecule has 0 aromatic heterocycles. The molecule has 0 unspecified atom stereocenters. The van der Waals surface area contributed by atoms with Crippen molar-refractivity contribution in [3.63, 3.8) is 0 Å². The fraction of sp³-hybridized carbons (Fsp3) is 0.533. The van der Waals surface area contributed by atoms with Gasteiger partial charge >= 0.3 is 0 Å². The second-order valence-electron chi connectivity index (χ2n) is 4.73. The molecule has 1 aromatic carbocycles. The van der Waals surface area contributed by atoms with Crippen molar-refractivity contribution >= 4 is 23.1 Å². The summed E-state index contributed by atoms with van der Waals surface area (Å²) in [4.78, 5) is 3.94. The quantitative estimate of drug-likeness (QED) is 0.600. The number of hydrogen-bond donors (Lipinski definition) is 0. The van der Waals surface area contributed by atoms with Crippen molar-refractivity contribution in [3.05, 3.63) is 29.8 Å². The number of ether oxygens (including phenoxy) is 2. The van der Waals surface area contributed by atoms with E-state index < -0.39 is 0 Å². The Balaban J connectivity index is 1.88. The maximum atomic E-state index is 5.75. The summed E-state index contributed by atoms with van der Waals surface area (Å²) in [5.74, 6) is 0.309. The van der Waals surface area contributed by atoms with Crippen molar-refractivity contribution in [2.75, 3.05) is 13.2 Å². The Bertz CT molecular complexity index is 432. The Labute approximate surface area is 119 Å². The molecule has 4 heteroatoms. The molecule has 1 heterocycles. The van der Waals surface area contributed by atoms with Gasteiger partial charge in [0, 0.05) is 5.92 Å². The number of benzene rings is 1. The topological polar surface area (TPSA) is 30.8 Å². The Morgan fingerprint density at radius 1 is 1.26 bits per heavy atom. The van der Waals surface area contributed by atoms with Crippen LogP contribution >= 0.6 is 12.2 Å². The van der Waals surface area contributed by atoms with Gasteiger partial charge in [-0.25, -0.2) is 0 Å². The summed E-state index contributed by atoms with van der Waals surface area (Å²) in [6.45, 7) is 3.63. The highest BCUT2D eigenvalue weighted by molar-refractivity contribution is 7.78. The van der Waals surface area contributed by atoms with E-state index in [1.54, 1.807) is 0 Å². The molecule has 0 radical (unpaired) electrons. The lowest BCUT2D eigenvalue weighted by atomic mass is 10.00. The van der Waals surface area contributed by atoms with Crippen molar-refractivity contribution in [2.45, 2.75) is 38.4 Å². The standard InChI is InChI=1S/C15H19NO2S/c1-2-3-4-15-17-9-13(10-18-15)12-5-7-14(8-6-12)16-11-19/h5-8,13,15H,2-4,9-10H2,1H3/t13-,15-. The zero-order chi connectivity index (χ0) is 13.5. The molecule has 1 aliphatic rings. The van der Waals surface area contributed by atoms with Gasteiger partial charge in [-0.1, -0.05) is 25.5 Å².